The van der Waals surface area contributed by atoms with E-state index in [4.69, 9.17) is 4.74 Å². The highest BCUT2D eigenvalue weighted by Crippen LogP contribution is 2.34. The summed E-state index contributed by atoms with van der Waals surface area (Å²) in [6.07, 6.45) is 9.17. The summed E-state index contributed by atoms with van der Waals surface area (Å²) in [5.41, 5.74) is 0.208. The average Bonchev–Trinajstić information content (AvgIpc) is 2.37. The molecule has 5 heteroatoms. The van der Waals surface area contributed by atoms with Crippen molar-refractivity contribution in [2.45, 2.75) is 77.0 Å². The van der Waals surface area contributed by atoms with Crippen LogP contribution in [0.5, 0.6) is 5.88 Å². The third-order valence-corrected chi connectivity index (χ3v) is 4.43. The quantitative estimate of drug-likeness (QED) is 0.863. The van der Waals surface area contributed by atoms with Crippen molar-refractivity contribution in [1.29, 1.82) is 0 Å². The van der Waals surface area contributed by atoms with Crippen LogP contribution in [0.25, 0.3) is 0 Å². The monoisotopic (exact) mass is 355 g/mol. The molecule has 0 aromatic carbocycles. The van der Waals surface area contributed by atoms with E-state index in [0.717, 1.165) is 17.4 Å². The third-order valence-electron chi connectivity index (χ3n) is 4.02. The van der Waals surface area contributed by atoms with E-state index in [2.05, 4.69) is 58.9 Å². The number of hydrogen-bond donors (Lipinski definition) is 1. The summed E-state index contributed by atoms with van der Waals surface area (Å²) in [6, 6.07) is 0. The smallest absolute Gasteiger partial charge is 0.232 e. The first-order chi connectivity index (χ1) is 9.82. The zero-order valence-electron chi connectivity index (χ0n) is 13.4. The summed E-state index contributed by atoms with van der Waals surface area (Å²) in [7, 11) is 0. The van der Waals surface area contributed by atoms with Gasteiger partial charge in [0.15, 0.2) is 0 Å². The van der Waals surface area contributed by atoms with Gasteiger partial charge in [0.1, 0.15) is 10.7 Å². The SMILES string of the molecule is CCCCC1(C)CC(Oc2cnc(Br)cn2)CC(C)(C)N1. The number of ether oxygens (including phenoxy) is 1. The van der Waals surface area contributed by atoms with Gasteiger partial charge in [-0.15, -0.1) is 0 Å². The molecule has 0 saturated carbocycles. The summed E-state index contributed by atoms with van der Waals surface area (Å²) in [5, 5.41) is 3.81. The van der Waals surface area contributed by atoms with Crippen molar-refractivity contribution in [2.75, 3.05) is 0 Å². The van der Waals surface area contributed by atoms with Crippen LogP contribution in [0.4, 0.5) is 0 Å². The number of piperidine rings is 1. The van der Waals surface area contributed by atoms with E-state index in [1.165, 1.54) is 19.3 Å². The Hall–Kier alpha value is -0.680. The summed E-state index contributed by atoms with van der Waals surface area (Å²) in [6.45, 7) is 9.05. The first-order valence-electron chi connectivity index (χ1n) is 7.75. The van der Waals surface area contributed by atoms with Crippen LogP contribution in [0.15, 0.2) is 17.0 Å². The van der Waals surface area contributed by atoms with E-state index in [9.17, 15) is 0 Å². The Morgan fingerprint density at radius 1 is 1.29 bits per heavy atom. The van der Waals surface area contributed by atoms with Gasteiger partial charge in [-0.1, -0.05) is 19.8 Å². The highest BCUT2D eigenvalue weighted by atomic mass is 79.9. The highest BCUT2D eigenvalue weighted by molar-refractivity contribution is 9.10. The molecule has 1 aliphatic heterocycles. The van der Waals surface area contributed by atoms with E-state index >= 15 is 0 Å². The molecule has 2 unspecified atom stereocenters. The number of halogens is 1. The van der Waals surface area contributed by atoms with E-state index in [1.807, 2.05) is 0 Å². The molecule has 1 aromatic rings. The summed E-state index contributed by atoms with van der Waals surface area (Å²) >= 11 is 3.30. The van der Waals surface area contributed by atoms with Gasteiger partial charge in [0, 0.05) is 23.9 Å². The molecule has 0 spiro atoms. The van der Waals surface area contributed by atoms with Gasteiger partial charge in [0.25, 0.3) is 0 Å². The van der Waals surface area contributed by atoms with Gasteiger partial charge in [-0.25, -0.2) is 9.97 Å². The van der Waals surface area contributed by atoms with Crippen molar-refractivity contribution in [3.05, 3.63) is 17.0 Å². The Kier molecular flexibility index (Phi) is 5.25. The molecule has 4 nitrogen and oxygen atoms in total. The van der Waals surface area contributed by atoms with Crippen molar-refractivity contribution in [1.82, 2.24) is 15.3 Å². The first-order valence-corrected chi connectivity index (χ1v) is 8.55. The van der Waals surface area contributed by atoms with Crippen LogP contribution in [-0.4, -0.2) is 27.1 Å². The molecule has 1 N–H and O–H groups in total. The fourth-order valence-electron chi connectivity index (χ4n) is 3.41. The lowest BCUT2D eigenvalue weighted by Crippen LogP contribution is -2.61. The Morgan fingerprint density at radius 3 is 2.67 bits per heavy atom. The number of aromatic nitrogens is 2. The van der Waals surface area contributed by atoms with Gasteiger partial charge < -0.3 is 10.1 Å². The van der Waals surface area contributed by atoms with Crippen LogP contribution in [0, 0.1) is 0 Å². The largest absolute Gasteiger partial charge is 0.473 e. The van der Waals surface area contributed by atoms with Gasteiger partial charge in [-0.3, -0.25) is 0 Å². The lowest BCUT2D eigenvalue weighted by atomic mass is 9.77. The van der Waals surface area contributed by atoms with Gasteiger partial charge in [0.05, 0.1) is 12.4 Å². The molecular weight excluding hydrogens is 330 g/mol. The Morgan fingerprint density at radius 2 is 2.05 bits per heavy atom. The predicted molar refractivity (Wildman–Crippen MR) is 88.5 cm³/mol. The van der Waals surface area contributed by atoms with Gasteiger partial charge in [0.2, 0.25) is 5.88 Å². The number of unbranched alkanes of at least 4 members (excludes halogenated alkanes) is 1. The molecule has 1 aliphatic rings. The maximum Gasteiger partial charge on any atom is 0.232 e. The van der Waals surface area contributed by atoms with Crippen molar-refractivity contribution >= 4 is 15.9 Å². The number of nitrogens with one attached hydrogen (secondary N) is 1. The Balaban J connectivity index is 2.06. The van der Waals surface area contributed by atoms with Gasteiger partial charge in [-0.2, -0.15) is 0 Å². The van der Waals surface area contributed by atoms with E-state index in [1.54, 1.807) is 12.4 Å². The molecule has 2 heterocycles. The molecule has 1 aromatic heterocycles. The van der Waals surface area contributed by atoms with Crippen LogP contribution in [0.3, 0.4) is 0 Å². The average molecular weight is 356 g/mol. The van der Waals surface area contributed by atoms with Crippen molar-refractivity contribution in [3.8, 4) is 5.88 Å². The van der Waals surface area contributed by atoms with Crippen molar-refractivity contribution in [3.63, 3.8) is 0 Å². The minimum atomic E-state index is 0.0776. The maximum absolute atomic E-state index is 6.09. The fourth-order valence-corrected chi connectivity index (χ4v) is 3.61. The molecule has 0 amide bonds. The maximum atomic E-state index is 6.09. The van der Waals surface area contributed by atoms with Crippen molar-refractivity contribution < 1.29 is 4.74 Å². The van der Waals surface area contributed by atoms with E-state index in [-0.39, 0.29) is 17.2 Å². The molecular formula is C16H26BrN3O. The van der Waals surface area contributed by atoms with Gasteiger partial charge in [-0.05, 0) is 43.1 Å². The summed E-state index contributed by atoms with van der Waals surface area (Å²) in [4.78, 5) is 8.46. The van der Waals surface area contributed by atoms with Crippen molar-refractivity contribution in [2.24, 2.45) is 0 Å². The second-order valence-electron chi connectivity index (χ2n) is 7.00. The standard InChI is InChI=1S/C16H26BrN3O/c1-5-6-7-16(4)9-12(8-15(2,3)20-16)21-14-11-18-13(17)10-19-14/h10-12,20H,5-9H2,1-4H3. The van der Waals surface area contributed by atoms with Crippen LogP contribution >= 0.6 is 15.9 Å². The number of hydrogen-bond acceptors (Lipinski definition) is 4. The van der Waals surface area contributed by atoms with E-state index in [0.29, 0.717) is 5.88 Å². The Bertz CT molecular complexity index is 463. The zero-order chi connectivity index (χ0) is 15.5. The Labute approximate surface area is 136 Å². The molecule has 1 saturated heterocycles. The minimum Gasteiger partial charge on any atom is -0.473 e. The normalized spacial score (nSPS) is 28.3. The summed E-state index contributed by atoms with van der Waals surface area (Å²) in [5.74, 6) is 0.610. The van der Waals surface area contributed by atoms with E-state index < -0.39 is 0 Å². The molecule has 1 fully saturated rings. The molecule has 21 heavy (non-hydrogen) atoms. The van der Waals surface area contributed by atoms with Gasteiger partial charge >= 0.3 is 0 Å². The lowest BCUT2D eigenvalue weighted by Gasteiger charge is -2.48. The third kappa shape index (κ3) is 4.92. The molecule has 0 bridgehead atoms. The summed E-state index contributed by atoms with van der Waals surface area (Å²) < 4.78 is 6.82. The molecule has 2 rings (SSSR count). The topological polar surface area (TPSA) is 47.0 Å². The van der Waals surface area contributed by atoms with Crippen LogP contribution in [0.2, 0.25) is 0 Å². The minimum absolute atomic E-state index is 0.0776. The lowest BCUT2D eigenvalue weighted by molar-refractivity contribution is 0.0408. The van der Waals surface area contributed by atoms with Crippen LogP contribution < -0.4 is 10.1 Å². The second-order valence-corrected chi connectivity index (χ2v) is 7.81. The number of rotatable bonds is 5. The number of nitrogens with zero attached hydrogens (tertiary/aromatic N) is 2. The zero-order valence-corrected chi connectivity index (χ0v) is 15.0. The molecule has 118 valence electrons. The van der Waals surface area contributed by atoms with Crippen LogP contribution in [-0.2, 0) is 0 Å². The predicted octanol–water partition coefficient (Wildman–Crippen LogP) is 4.10. The molecule has 0 radical (unpaired) electrons. The molecule has 0 aliphatic carbocycles. The van der Waals surface area contributed by atoms with Crippen LogP contribution in [0.1, 0.15) is 59.8 Å². The highest BCUT2D eigenvalue weighted by Gasteiger charge is 2.41. The molecule has 2 atom stereocenters. The fraction of sp³-hybridized carbons (Fsp3) is 0.750. The first kappa shape index (κ1) is 16.7. The second kappa shape index (κ2) is 6.61.